The van der Waals surface area contributed by atoms with Gasteiger partial charge in [0.1, 0.15) is 22.3 Å². The first kappa shape index (κ1) is 22.0. The molecular weight excluding hydrogens is 455 g/mol. The molecule has 0 spiro atoms. The van der Waals surface area contributed by atoms with Crippen molar-refractivity contribution in [2.24, 2.45) is 0 Å². The molecule has 0 radical (unpaired) electrons. The minimum Gasteiger partial charge on any atom is -0.495 e. The van der Waals surface area contributed by atoms with Gasteiger partial charge in [0.2, 0.25) is 0 Å². The van der Waals surface area contributed by atoms with Crippen molar-refractivity contribution >= 4 is 21.4 Å². The topological polar surface area (TPSA) is 61.2 Å². The van der Waals surface area contributed by atoms with Gasteiger partial charge in [-0.1, -0.05) is 11.6 Å². The zero-order valence-corrected chi connectivity index (χ0v) is 16.8. The monoisotopic (exact) mass is 466 g/mol. The minimum atomic E-state index is -4.88. The summed E-state index contributed by atoms with van der Waals surface area (Å²) in [7, 11) is -2.81. The zero-order chi connectivity index (χ0) is 22.4. The van der Waals surface area contributed by atoms with Gasteiger partial charge in [0, 0.05) is 17.9 Å². The Hall–Kier alpha value is -2.66. The second-order valence-corrected chi connectivity index (χ2v) is 8.57. The van der Waals surface area contributed by atoms with E-state index in [1.165, 1.54) is 25.3 Å². The number of halogens is 6. The van der Waals surface area contributed by atoms with E-state index in [0.717, 1.165) is 4.68 Å². The van der Waals surface area contributed by atoms with E-state index in [-0.39, 0.29) is 16.5 Å². The zero-order valence-electron chi connectivity index (χ0n) is 15.3. The smallest absolute Gasteiger partial charge is 0.435 e. The summed E-state index contributed by atoms with van der Waals surface area (Å²) in [4.78, 5) is -0.918. The highest BCUT2D eigenvalue weighted by Crippen LogP contribution is 2.36. The molecule has 3 rings (SSSR count). The maximum Gasteiger partial charge on any atom is 0.435 e. The van der Waals surface area contributed by atoms with E-state index in [0.29, 0.717) is 24.5 Å². The lowest BCUT2D eigenvalue weighted by atomic mass is 10.1. The summed E-state index contributed by atoms with van der Waals surface area (Å²) in [6.45, 7) is 0. The molecule has 0 aliphatic carbocycles. The van der Waals surface area contributed by atoms with Gasteiger partial charge in [-0.3, -0.25) is 0 Å². The van der Waals surface area contributed by atoms with Crippen molar-refractivity contribution in [2.75, 3.05) is 13.4 Å². The van der Waals surface area contributed by atoms with Crippen molar-refractivity contribution in [2.45, 2.75) is 11.1 Å². The summed E-state index contributed by atoms with van der Waals surface area (Å²) in [6.07, 6.45) is -4.20. The van der Waals surface area contributed by atoms with Crippen LogP contribution in [-0.4, -0.2) is 31.6 Å². The third-order valence-corrected chi connectivity index (χ3v) is 5.50. The summed E-state index contributed by atoms with van der Waals surface area (Å²) in [5, 5.41) is 3.63. The van der Waals surface area contributed by atoms with Crippen molar-refractivity contribution in [3.8, 4) is 22.7 Å². The van der Waals surface area contributed by atoms with Crippen LogP contribution in [-0.2, 0) is 16.0 Å². The van der Waals surface area contributed by atoms with Gasteiger partial charge < -0.3 is 4.74 Å². The second kappa shape index (κ2) is 7.55. The molecule has 3 aromatic rings. The summed E-state index contributed by atoms with van der Waals surface area (Å²) < 4.78 is 97.7. The first-order chi connectivity index (χ1) is 13.8. The summed E-state index contributed by atoms with van der Waals surface area (Å²) in [6, 6.07) is 5.34. The van der Waals surface area contributed by atoms with Crippen molar-refractivity contribution in [3.05, 3.63) is 58.7 Å². The maximum atomic E-state index is 14.7. The number of aromatic nitrogens is 2. The molecule has 160 valence electrons. The largest absolute Gasteiger partial charge is 0.495 e. The molecule has 0 saturated carbocycles. The molecule has 2 aromatic carbocycles. The third kappa shape index (κ3) is 4.12. The molecule has 1 aromatic heterocycles. The summed E-state index contributed by atoms with van der Waals surface area (Å²) in [5.74, 6) is -2.44. The van der Waals surface area contributed by atoms with Gasteiger partial charge in [0.25, 0.3) is 0 Å². The molecule has 0 saturated heterocycles. The van der Waals surface area contributed by atoms with E-state index in [4.69, 9.17) is 16.3 Å². The Bertz CT molecular complexity index is 1240. The Morgan fingerprint density at radius 3 is 2.30 bits per heavy atom. The quantitative estimate of drug-likeness (QED) is 0.513. The lowest BCUT2D eigenvalue weighted by molar-refractivity contribution is -0.141. The Morgan fingerprint density at radius 1 is 1.07 bits per heavy atom. The van der Waals surface area contributed by atoms with E-state index in [9.17, 15) is 30.4 Å². The fourth-order valence-corrected chi connectivity index (χ4v) is 3.62. The van der Waals surface area contributed by atoms with E-state index < -0.39 is 49.5 Å². The Balaban J connectivity index is 2.30. The van der Waals surface area contributed by atoms with Crippen LogP contribution >= 0.6 is 11.6 Å². The summed E-state index contributed by atoms with van der Waals surface area (Å²) in [5.41, 5.74) is -2.41. The van der Waals surface area contributed by atoms with E-state index in [2.05, 4.69) is 5.10 Å². The number of methoxy groups -OCH3 is 1. The van der Waals surface area contributed by atoms with Crippen LogP contribution in [0.3, 0.4) is 0 Å². The second-order valence-electron chi connectivity index (χ2n) is 6.18. The highest BCUT2D eigenvalue weighted by molar-refractivity contribution is 7.90. The van der Waals surface area contributed by atoms with Gasteiger partial charge in [-0.2, -0.15) is 18.3 Å². The third-order valence-electron chi connectivity index (χ3n) is 4.08. The molecule has 5 nitrogen and oxygen atoms in total. The summed E-state index contributed by atoms with van der Waals surface area (Å²) >= 11 is 5.92. The van der Waals surface area contributed by atoms with Crippen LogP contribution in [0.25, 0.3) is 16.9 Å². The molecule has 30 heavy (non-hydrogen) atoms. The molecular formula is C18H12ClF5N2O3S. The molecule has 0 fully saturated rings. The Labute approximate surface area is 172 Å². The van der Waals surface area contributed by atoms with Crippen LogP contribution in [0.1, 0.15) is 5.69 Å². The van der Waals surface area contributed by atoms with Gasteiger partial charge in [-0.25, -0.2) is 21.9 Å². The molecule has 0 aliphatic heterocycles. The number of alkyl halides is 3. The molecule has 12 heteroatoms. The number of sulfone groups is 1. The van der Waals surface area contributed by atoms with Crippen molar-refractivity contribution in [3.63, 3.8) is 0 Å². The fraction of sp³-hybridized carbons (Fsp3) is 0.167. The van der Waals surface area contributed by atoms with Crippen molar-refractivity contribution < 1.29 is 35.1 Å². The molecule has 0 bridgehead atoms. The van der Waals surface area contributed by atoms with Crippen LogP contribution in [0.4, 0.5) is 22.0 Å². The van der Waals surface area contributed by atoms with Gasteiger partial charge in [-0.15, -0.1) is 0 Å². The number of ether oxygens (including phenoxy) is 1. The highest BCUT2D eigenvalue weighted by Gasteiger charge is 2.36. The number of hydrogen-bond donors (Lipinski definition) is 0. The average molecular weight is 467 g/mol. The number of rotatable bonds is 4. The number of benzene rings is 2. The first-order valence-corrected chi connectivity index (χ1v) is 10.3. The van der Waals surface area contributed by atoms with Crippen LogP contribution in [0.2, 0.25) is 5.02 Å². The minimum absolute atomic E-state index is 0.0220. The standard InChI is InChI=1S/C18H12ClF5N2O3S/c1-29-15-5-9(3-4-11(15)19)26-14(8-17(25-26)18(22,23)24)10-6-13(21)16(7-12(10)20)30(2,27)28/h3-8H,1-2H3. The predicted octanol–water partition coefficient (Wildman–Crippen LogP) is 4.90. The fourth-order valence-electron chi connectivity index (χ4n) is 2.70. The van der Waals surface area contributed by atoms with Crippen LogP contribution < -0.4 is 4.74 Å². The van der Waals surface area contributed by atoms with Crippen LogP contribution in [0.5, 0.6) is 5.75 Å². The van der Waals surface area contributed by atoms with Crippen molar-refractivity contribution in [1.29, 1.82) is 0 Å². The number of hydrogen-bond acceptors (Lipinski definition) is 4. The van der Waals surface area contributed by atoms with E-state index >= 15 is 0 Å². The van der Waals surface area contributed by atoms with Crippen molar-refractivity contribution in [1.82, 2.24) is 9.78 Å². The highest BCUT2D eigenvalue weighted by atomic mass is 35.5. The van der Waals surface area contributed by atoms with Gasteiger partial charge >= 0.3 is 6.18 Å². The molecule has 0 atom stereocenters. The predicted molar refractivity (Wildman–Crippen MR) is 98.6 cm³/mol. The van der Waals surface area contributed by atoms with Gasteiger partial charge in [0.15, 0.2) is 15.5 Å². The van der Waals surface area contributed by atoms with E-state index in [1.807, 2.05) is 0 Å². The molecule has 1 heterocycles. The van der Waals surface area contributed by atoms with Gasteiger partial charge in [0.05, 0.1) is 23.5 Å². The lowest BCUT2D eigenvalue weighted by Crippen LogP contribution is -2.08. The van der Waals surface area contributed by atoms with Gasteiger partial charge in [-0.05, 0) is 30.3 Å². The Kier molecular flexibility index (Phi) is 5.54. The SMILES string of the molecule is COc1cc(-n2nc(C(F)(F)F)cc2-c2cc(F)c(S(C)(=O)=O)cc2F)ccc1Cl. The molecule has 0 aliphatic rings. The Morgan fingerprint density at radius 2 is 1.73 bits per heavy atom. The number of nitrogens with zero attached hydrogens (tertiary/aromatic N) is 2. The lowest BCUT2D eigenvalue weighted by Gasteiger charge is -2.12. The van der Waals surface area contributed by atoms with Crippen LogP contribution in [0.15, 0.2) is 41.3 Å². The first-order valence-electron chi connectivity index (χ1n) is 8.03. The molecule has 0 amide bonds. The average Bonchev–Trinajstić information content (AvgIpc) is 3.08. The normalized spacial score (nSPS) is 12.3. The molecule has 0 unspecified atom stereocenters. The van der Waals surface area contributed by atoms with E-state index in [1.54, 1.807) is 0 Å². The maximum absolute atomic E-state index is 14.7. The van der Waals surface area contributed by atoms with Crippen LogP contribution in [0, 0.1) is 11.6 Å². The molecule has 0 N–H and O–H groups in total.